The Kier molecular flexibility index (Phi) is 4.44. The van der Waals surface area contributed by atoms with E-state index < -0.39 is 5.41 Å². The van der Waals surface area contributed by atoms with Crippen molar-refractivity contribution >= 4 is 11.6 Å². The predicted molar refractivity (Wildman–Crippen MR) is 80.1 cm³/mol. The minimum Gasteiger partial charge on any atom is -0.325 e. The van der Waals surface area contributed by atoms with Crippen LogP contribution in [0.1, 0.15) is 45.1 Å². The van der Waals surface area contributed by atoms with Crippen LogP contribution in [0.4, 0.5) is 5.69 Å². The quantitative estimate of drug-likeness (QED) is 0.882. The maximum Gasteiger partial charge on any atom is 0.244 e. The summed E-state index contributed by atoms with van der Waals surface area (Å²) in [6.07, 6.45) is 4.78. The molecule has 3 nitrogen and oxygen atoms in total. The minimum absolute atomic E-state index is 0.153. The molecule has 1 fully saturated rings. The highest BCUT2D eigenvalue weighted by Gasteiger charge is 2.48. The maximum atomic E-state index is 12.2. The van der Waals surface area contributed by atoms with Crippen molar-refractivity contribution in [2.24, 2.45) is 11.3 Å². The topological polar surface area (TPSA) is 52.9 Å². The Balaban J connectivity index is 1.96. The van der Waals surface area contributed by atoms with Crippen LogP contribution in [0.25, 0.3) is 0 Å². The van der Waals surface area contributed by atoms with Gasteiger partial charge in [0.05, 0.1) is 6.07 Å². The van der Waals surface area contributed by atoms with Gasteiger partial charge in [0, 0.05) is 5.69 Å². The number of nitrogens with zero attached hydrogens (tertiary/aromatic N) is 1. The van der Waals surface area contributed by atoms with E-state index in [2.05, 4.69) is 25.2 Å². The average molecular weight is 270 g/mol. The largest absolute Gasteiger partial charge is 0.325 e. The molecule has 1 amide bonds. The second kappa shape index (κ2) is 6.09. The Morgan fingerprint density at radius 1 is 1.40 bits per heavy atom. The predicted octanol–water partition coefficient (Wildman–Crippen LogP) is 3.91. The summed E-state index contributed by atoms with van der Waals surface area (Å²) in [7, 11) is 0. The fourth-order valence-electron chi connectivity index (χ4n) is 2.84. The Morgan fingerprint density at radius 3 is 2.55 bits per heavy atom. The molecule has 0 atom stereocenters. The van der Waals surface area contributed by atoms with E-state index in [0.29, 0.717) is 18.8 Å². The SMILES string of the molecule is CCCCc1ccc(NC(=O)C2(C#N)CC(C)C2)cc1. The normalized spacial score (nSPS) is 24.6. The van der Waals surface area contributed by atoms with Crippen molar-refractivity contribution in [1.82, 2.24) is 0 Å². The van der Waals surface area contributed by atoms with Gasteiger partial charge in [-0.1, -0.05) is 32.4 Å². The van der Waals surface area contributed by atoms with Crippen LogP contribution in [0.3, 0.4) is 0 Å². The first kappa shape index (κ1) is 14.6. The molecule has 0 heterocycles. The summed E-state index contributed by atoms with van der Waals surface area (Å²) in [6, 6.07) is 10.1. The zero-order chi connectivity index (χ0) is 14.6. The van der Waals surface area contributed by atoms with Gasteiger partial charge in [0.2, 0.25) is 5.91 Å². The van der Waals surface area contributed by atoms with Gasteiger partial charge in [0.25, 0.3) is 0 Å². The first-order valence-corrected chi connectivity index (χ1v) is 7.41. The van der Waals surface area contributed by atoms with E-state index in [9.17, 15) is 10.1 Å². The second-order valence-corrected chi connectivity index (χ2v) is 5.96. The molecule has 3 heteroatoms. The van der Waals surface area contributed by atoms with Crippen LogP contribution in [0, 0.1) is 22.7 Å². The zero-order valence-corrected chi connectivity index (χ0v) is 12.3. The summed E-state index contributed by atoms with van der Waals surface area (Å²) in [5.41, 5.74) is 1.27. The molecule has 1 aliphatic rings. The van der Waals surface area contributed by atoms with Gasteiger partial charge in [-0.2, -0.15) is 5.26 Å². The van der Waals surface area contributed by atoms with E-state index in [1.165, 1.54) is 18.4 Å². The van der Waals surface area contributed by atoms with Crippen molar-refractivity contribution in [1.29, 1.82) is 5.26 Å². The summed E-state index contributed by atoms with van der Waals surface area (Å²) in [4.78, 5) is 12.2. The van der Waals surface area contributed by atoms with Gasteiger partial charge >= 0.3 is 0 Å². The third-order valence-electron chi connectivity index (χ3n) is 4.07. The van der Waals surface area contributed by atoms with Crippen LogP contribution in [-0.4, -0.2) is 5.91 Å². The lowest BCUT2D eigenvalue weighted by Crippen LogP contribution is -2.45. The number of amides is 1. The van der Waals surface area contributed by atoms with Crippen molar-refractivity contribution in [3.63, 3.8) is 0 Å². The molecule has 1 aliphatic carbocycles. The maximum absolute atomic E-state index is 12.2. The highest BCUT2D eigenvalue weighted by Crippen LogP contribution is 2.45. The van der Waals surface area contributed by atoms with E-state index in [1.54, 1.807) is 0 Å². The van der Waals surface area contributed by atoms with E-state index in [-0.39, 0.29) is 5.91 Å². The lowest BCUT2D eigenvalue weighted by Gasteiger charge is -2.39. The van der Waals surface area contributed by atoms with E-state index >= 15 is 0 Å². The third kappa shape index (κ3) is 3.01. The molecule has 2 rings (SSSR count). The zero-order valence-electron chi connectivity index (χ0n) is 12.3. The summed E-state index contributed by atoms with van der Waals surface area (Å²) < 4.78 is 0. The Morgan fingerprint density at radius 2 is 2.05 bits per heavy atom. The molecule has 0 aromatic heterocycles. The smallest absolute Gasteiger partial charge is 0.244 e. The molecule has 106 valence electrons. The summed E-state index contributed by atoms with van der Waals surface area (Å²) in [6.45, 7) is 4.25. The number of hydrogen-bond acceptors (Lipinski definition) is 2. The Hall–Kier alpha value is -1.82. The van der Waals surface area contributed by atoms with Crippen LogP contribution in [0.5, 0.6) is 0 Å². The van der Waals surface area contributed by atoms with Crippen molar-refractivity contribution < 1.29 is 4.79 Å². The summed E-state index contributed by atoms with van der Waals surface area (Å²) in [5.74, 6) is 0.316. The van der Waals surface area contributed by atoms with Gasteiger partial charge in [0.15, 0.2) is 0 Å². The van der Waals surface area contributed by atoms with Crippen molar-refractivity contribution in [3.05, 3.63) is 29.8 Å². The van der Waals surface area contributed by atoms with Gasteiger partial charge in [-0.05, 0) is 49.3 Å². The fraction of sp³-hybridized carbons (Fsp3) is 0.529. The number of carbonyl (C=O) groups excluding carboxylic acids is 1. The highest BCUT2D eigenvalue weighted by atomic mass is 16.2. The molecule has 1 N–H and O–H groups in total. The monoisotopic (exact) mass is 270 g/mol. The van der Waals surface area contributed by atoms with Gasteiger partial charge in [-0.15, -0.1) is 0 Å². The van der Waals surface area contributed by atoms with Crippen LogP contribution < -0.4 is 5.32 Å². The molecule has 0 aliphatic heterocycles. The summed E-state index contributed by atoms with van der Waals surface area (Å²) in [5, 5.41) is 12.1. The number of hydrogen-bond donors (Lipinski definition) is 1. The van der Waals surface area contributed by atoms with Crippen LogP contribution in [-0.2, 0) is 11.2 Å². The molecular weight excluding hydrogens is 248 g/mol. The lowest BCUT2D eigenvalue weighted by atomic mass is 9.63. The number of rotatable bonds is 5. The van der Waals surface area contributed by atoms with E-state index in [4.69, 9.17) is 0 Å². The van der Waals surface area contributed by atoms with Crippen LogP contribution in [0.2, 0.25) is 0 Å². The average Bonchev–Trinajstić information content (AvgIpc) is 2.42. The Bertz CT molecular complexity index is 507. The standard InChI is InChI=1S/C17H22N2O/c1-3-4-5-14-6-8-15(9-7-14)19-16(20)17(12-18)10-13(2)11-17/h6-9,13H,3-5,10-11H2,1-2H3,(H,19,20). The molecule has 1 saturated carbocycles. The number of aryl methyl sites for hydroxylation is 1. The van der Waals surface area contributed by atoms with Crippen LogP contribution >= 0.6 is 0 Å². The van der Waals surface area contributed by atoms with Crippen LogP contribution in [0.15, 0.2) is 24.3 Å². The van der Waals surface area contributed by atoms with E-state index in [0.717, 1.165) is 12.1 Å². The molecule has 0 radical (unpaired) electrons. The second-order valence-electron chi connectivity index (χ2n) is 5.96. The third-order valence-corrected chi connectivity index (χ3v) is 4.07. The van der Waals surface area contributed by atoms with Crippen molar-refractivity contribution in [2.75, 3.05) is 5.32 Å². The van der Waals surface area contributed by atoms with Crippen molar-refractivity contribution in [3.8, 4) is 6.07 Å². The molecule has 0 saturated heterocycles. The molecule has 0 unspecified atom stereocenters. The first-order valence-electron chi connectivity index (χ1n) is 7.41. The van der Waals surface area contributed by atoms with Gasteiger partial charge < -0.3 is 5.32 Å². The number of nitriles is 1. The molecule has 1 aromatic carbocycles. The number of benzene rings is 1. The molecular formula is C17H22N2O. The number of unbranched alkanes of at least 4 members (excludes halogenated alkanes) is 1. The molecule has 0 bridgehead atoms. The first-order chi connectivity index (χ1) is 9.59. The summed E-state index contributed by atoms with van der Waals surface area (Å²) >= 11 is 0. The number of carbonyl (C=O) groups is 1. The van der Waals surface area contributed by atoms with Gasteiger partial charge in [-0.25, -0.2) is 0 Å². The van der Waals surface area contributed by atoms with Crippen molar-refractivity contribution in [2.45, 2.75) is 46.0 Å². The lowest BCUT2D eigenvalue weighted by molar-refractivity contribution is -0.128. The minimum atomic E-state index is -0.805. The fourth-order valence-corrected chi connectivity index (χ4v) is 2.84. The highest BCUT2D eigenvalue weighted by molar-refractivity contribution is 5.97. The van der Waals surface area contributed by atoms with Gasteiger partial charge in [-0.3, -0.25) is 4.79 Å². The number of anilines is 1. The Labute approximate surface area is 121 Å². The molecule has 0 spiro atoms. The van der Waals surface area contributed by atoms with E-state index in [1.807, 2.05) is 24.3 Å². The molecule has 20 heavy (non-hydrogen) atoms. The molecule has 1 aromatic rings. The van der Waals surface area contributed by atoms with Gasteiger partial charge in [0.1, 0.15) is 5.41 Å². The number of nitrogens with one attached hydrogen (secondary N) is 1.